The van der Waals surface area contributed by atoms with Gasteiger partial charge in [0.15, 0.2) is 0 Å². The SMILES string of the molecule is Cl.O=C(c1cccc2ccccc12)N1CCN(Cc2cccnc2)c2ccc(-c3ccccc3)cc2C1. The molecule has 0 saturated carbocycles. The number of rotatable bonds is 4. The van der Waals surface area contributed by atoms with Crippen molar-refractivity contribution in [2.45, 2.75) is 13.1 Å². The van der Waals surface area contributed by atoms with Gasteiger partial charge in [0.05, 0.1) is 0 Å². The van der Waals surface area contributed by atoms with Crippen LogP contribution in [0, 0.1) is 0 Å². The quantitative estimate of drug-likeness (QED) is 0.264. The predicted molar refractivity (Wildman–Crippen MR) is 153 cm³/mol. The van der Waals surface area contributed by atoms with Crippen LogP contribution in [0.2, 0.25) is 0 Å². The summed E-state index contributed by atoms with van der Waals surface area (Å²) >= 11 is 0. The summed E-state index contributed by atoms with van der Waals surface area (Å²) in [5.41, 5.74) is 6.59. The van der Waals surface area contributed by atoms with Gasteiger partial charge in [-0.25, -0.2) is 0 Å². The molecule has 1 aliphatic heterocycles. The molecule has 0 radical (unpaired) electrons. The van der Waals surface area contributed by atoms with E-state index in [0.29, 0.717) is 13.1 Å². The van der Waals surface area contributed by atoms with E-state index in [1.165, 1.54) is 11.3 Å². The smallest absolute Gasteiger partial charge is 0.254 e. The summed E-state index contributed by atoms with van der Waals surface area (Å²) < 4.78 is 0. The van der Waals surface area contributed by atoms with E-state index in [-0.39, 0.29) is 18.3 Å². The Labute approximate surface area is 223 Å². The molecule has 0 N–H and O–H groups in total. The zero-order valence-corrected chi connectivity index (χ0v) is 21.3. The van der Waals surface area contributed by atoms with E-state index in [4.69, 9.17) is 0 Å². The van der Waals surface area contributed by atoms with Gasteiger partial charge in [-0.15, -0.1) is 12.4 Å². The molecule has 6 rings (SSSR count). The van der Waals surface area contributed by atoms with Gasteiger partial charge in [-0.2, -0.15) is 0 Å². The van der Waals surface area contributed by atoms with E-state index in [2.05, 4.69) is 70.5 Å². The van der Waals surface area contributed by atoms with Gasteiger partial charge >= 0.3 is 0 Å². The highest BCUT2D eigenvalue weighted by Crippen LogP contribution is 2.32. The average molecular weight is 506 g/mol. The molecule has 1 aromatic heterocycles. The number of hydrogen-bond donors (Lipinski definition) is 0. The molecule has 4 aromatic carbocycles. The van der Waals surface area contributed by atoms with Gasteiger partial charge in [-0.3, -0.25) is 9.78 Å². The van der Waals surface area contributed by atoms with Crippen LogP contribution in [-0.4, -0.2) is 28.9 Å². The number of aromatic nitrogens is 1. The summed E-state index contributed by atoms with van der Waals surface area (Å²) in [7, 11) is 0. The highest BCUT2D eigenvalue weighted by Gasteiger charge is 2.25. The Morgan fingerprint density at radius 1 is 0.784 bits per heavy atom. The van der Waals surface area contributed by atoms with Gasteiger partial charge < -0.3 is 9.80 Å². The van der Waals surface area contributed by atoms with Crippen molar-refractivity contribution < 1.29 is 4.79 Å². The summed E-state index contributed by atoms with van der Waals surface area (Å²) in [5, 5.41) is 2.09. The highest BCUT2D eigenvalue weighted by molar-refractivity contribution is 6.07. The van der Waals surface area contributed by atoms with Crippen LogP contribution in [0.4, 0.5) is 5.69 Å². The fraction of sp³-hybridized carbons (Fsp3) is 0.125. The van der Waals surface area contributed by atoms with Crippen LogP contribution < -0.4 is 4.90 Å². The summed E-state index contributed by atoms with van der Waals surface area (Å²) in [6, 6.07) is 35.2. The van der Waals surface area contributed by atoms with Crippen molar-refractivity contribution in [3.63, 3.8) is 0 Å². The Balaban J connectivity index is 0.00000280. The molecular formula is C32H28ClN3O. The Morgan fingerprint density at radius 2 is 1.59 bits per heavy atom. The third-order valence-corrected chi connectivity index (χ3v) is 6.93. The number of halogens is 1. The van der Waals surface area contributed by atoms with E-state index >= 15 is 0 Å². The van der Waals surface area contributed by atoms with E-state index in [1.807, 2.05) is 53.6 Å². The van der Waals surface area contributed by atoms with Gasteiger partial charge in [-0.1, -0.05) is 78.9 Å². The Hall–Kier alpha value is -4.15. The Morgan fingerprint density at radius 3 is 2.43 bits per heavy atom. The zero-order valence-electron chi connectivity index (χ0n) is 20.5. The van der Waals surface area contributed by atoms with Crippen molar-refractivity contribution in [2.24, 2.45) is 0 Å². The molecule has 0 unspecified atom stereocenters. The number of hydrogen-bond acceptors (Lipinski definition) is 3. The molecule has 0 atom stereocenters. The second kappa shape index (κ2) is 10.9. The van der Waals surface area contributed by atoms with Crippen molar-refractivity contribution in [3.05, 3.63) is 132 Å². The summed E-state index contributed by atoms with van der Waals surface area (Å²) in [6.45, 7) is 2.73. The standard InChI is InChI=1S/C32H27N3O.ClH/c36-32(30-14-6-12-26-11-4-5-13-29(26)30)35-19-18-34(22-24-8-7-17-33-21-24)31-16-15-27(20-28(31)23-35)25-9-2-1-3-10-25;/h1-17,20-21H,18-19,22-23H2;1H. The predicted octanol–water partition coefficient (Wildman–Crippen LogP) is 6.99. The van der Waals surface area contributed by atoms with Crippen LogP contribution >= 0.6 is 12.4 Å². The topological polar surface area (TPSA) is 36.4 Å². The maximum absolute atomic E-state index is 13.9. The maximum Gasteiger partial charge on any atom is 0.254 e. The first-order chi connectivity index (χ1) is 17.8. The first-order valence-electron chi connectivity index (χ1n) is 12.4. The molecule has 184 valence electrons. The van der Waals surface area contributed by atoms with Crippen molar-refractivity contribution in [1.82, 2.24) is 9.88 Å². The van der Waals surface area contributed by atoms with E-state index in [1.54, 1.807) is 6.20 Å². The zero-order chi connectivity index (χ0) is 24.3. The summed E-state index contributed by atoms with van der Waals surface area (Å²) in [5.74, 6) is 0.0751. The molecular weight excluding hydrogens is 478 g/mol. The molecule has 0 bridgehead atoms. The molecule has 0 saturated heterocycles. The third kappa shape index (κ3) is 5.07. The molecule has 0 fully saturated rings. The van der Waals surface area contributed by atoms with Crippen LogP contribution in [0.1, 0.15) is 21.5 Å². The Kier molecular flexibility index (Phi) is 7.20. The fourth-order valence-corrected chi connectivity index (χ4v) is 5.11. The van der Waals surface area contributed by atoms with Crippen LogP contribution in [0.3, 0.4) is 0 Å². The van der Waals surface area contributed by atoms with Gasteiger partial charge in [0.1, 0.15) is 0 Å². The molecule has 1 aliphatic rings. The number of fused-ring (bicyclic) bond motifs is 2. The van der Waals surface area contributed by atoms with E-state index in [9.17, 15) is 4.79 Å². The Bertz CT molecular complexity index is 1520. The molecule has 0 aliphatic carbocycles. The van der Waals surface area contributed by atoms with Crippen molar-refractivity contribution in [2.75, 3.05) is 18.0 Å². The number of anilines is 1. The summed E-state index contributed by atoms with van der Waals surface area (Å²) in [4.78, 5) is 22.6. The van der Waals surface area contributed by atoms with Crippen molar-refractivity contribution >= 4 is 34.8 Å². The molecule has 37 heavy (non-hydrogen) atoms. The lowest BCUT2D eigenvalue weighted by Crippen LogP contribution is -2.35. The second-order valence-corrected chi connectivity index (χ2v) is 9.25. The van der Waals surface area contributed by atoms with E-state index < -0.39 is 0 Å². The van der Waals surface area contributed by atoms with Crippen molar-refractivity contribution in [1.29, 1.82) is 0 Å². The first-order valence-corrected chi connectivity index (χ1v) is 12.4. The molecule has 1 amide bonds. The molecule has 2 heterocycles. The van der Waals surface area contributed by atoms with Gasteiger partial charge in [0.25, 0.3) is 5.91 Å². The molecule has 5 heteroatoms. The lowest BCUT2D eigenvalue weighted by molar-refractivity contribution is 0.0753. The monoisotopic (exact) mass is 505 g/mol. The van der Waals surface area contributed by atoms with Crippen LogP contribution in [0.25, 0.3) is 21.9 Å². The largest absolute Gasteiger partial charge is 0.365 e. The lowest BCUT2D eigenvalue weighted by Gasteiger charge is -2.25. The minimum atomic E-state index is 0. The van der Waals surface area contributed by atoms with Gasteiger partial charge in [0, 0.05) is 49.8 Å². The minimum Gasteiger partial charge on any atom is -0.365 e. The lowest BCUT2D eigenvalue weighted by atomic mass is 10.0. The number of carbonyl (C=O) groups is 1. The normalized spacial score (nSPS) is 13.0. The van der Waals surface area contributed by atoms with Crippen LogP contribution in [0.15, 0.2) is 116 Å². The third-order valence-electron chi connectivity index (χ3n) is 6.93. The number of nitrogens with zero attached hydrogens (tertiary/aromatic N) is 3. The first kappa shape index (κ1) is 24.5. The van der Waals surface area contributed by atoms with Crippen molar-refractivity contribution in [3.8, 4) is 11.1 Å². The average Bonchev–Trinajstić information content (AvgIpc) is 3.12. The number of amides is 1. The molecule has 5 aromatic rings. The highest BCUT2D eigenvalue weighted by atomic mass is 35.5. The second-order valence-electron chi connectivity index (χ2n) is 9.25. The summed E-state index contributed by atoms with van der Waals surface area (Å²) in [6.07, 6.45) is 3.72. The minimum absolute atomic E-state index is 0. The number of pyridine rings is 1. The van der Waals surface area contributed by atoms with Gasteiger partial charge in [0.2, 0.25) is 0 Å². The maximum atomic E-state index is 13.9. The fourth-order valence-electron chi connectivity index (χ4n) is 5.11. The van der Waals surface area contributed by atoms with Crippen LogP contribution in [-0.2, 0) is 13.1 Å². The number of carbonyl (C=O) groups excluding carboxylic acids is 1. The van der Waals surface area contributed by atoms with Crippen LogP contribution in [0.5, 0.6) is 0 Å². The van der Waals surface area contributed by atoms with Gasteiger partial charge in [-0.05, 0) is 57.3 Å². The molecule has 0 spiro atoms. The number of benzene rings is 4. The molecule has 4 nitrogen and oxygen atoms in total. The van der Waals surface area contributed by atoms with E-state index in [0.717, 1.165) is 46.1 Å².